The number of H-pyrrole nitrogens is 2. The van der Waals surface area contributed by atoms with E-state index >= 15 is 0 Å². The van der Waals surface area contributed by atoms with Crippen molar-refractivity contribution in [2.75, 3.05) is 5.73 Å². The van der Waals surface area contributed by atoms with Gasteiger partial charge in [-0.05, 0) is 17.7 Å². The number of aromatic nitrogens is 2. The van der Waals surface area contributed by atoms with Crippen LogP contribution in [0.25, 0.3) is 0 Å². The first-order valence-corrected chi connectivity index (χ1v) is 5.29. The Morgan fingerprint density at radius 2 is 1.76 bits per heavy atom. The Balaban J connectivity index is 2.40. The normalized spacial score (nSPS) is 10.4. The van der Waals surface area contributed by atoms with Crippen LogP contribution < -0.4 is 17.0 Å². The van der Waals surface area contributed by atoms with E-state index in [2.05, 4.69) is 9.97 Å². The van der Waals surface area contributed by atoms with Crippen LogP contribution in [0.4, 0.5) is 5.82 Å². The van der Waals surface area contributed by atoms with Crippen molar-refractivity contribution in [3.05, 3.63) is 61.3 Å². The molecule has 0 amide bonds. The summed E-state index contributed by atoms with van der Waals surface area (Å²) in [6, 6.07) is 7.05. The molecule has 0 fully saturated rings. The van der Waals surface area contributed by atoms with E-state index in [1.807, 2.05) is 0 Å². The molecule has 0 radical (unpaired) electrons. The summed E-state index contributed by atoms with van der Waals surface area (Å²) in [5, 5.41) is 0.622. The quantitative estimate of drug-likeness (QED) is 0.740. The zero-order chi connectivity index (χ0) is 12.4. The minimum Gasteiger partial charge on any atom is -0.385 e. The van der Waals surface area contributed by atoms with Gasteiger partial charge in [-0.1, -0.05) is 23.7 Å². The number of nitrogens with two attached hydrogens (primary N) is 1. The van der Waals surface area contributed by atoms with E-state index in [4.69, 9.17) is 17.3 Å². The summed E-state index contributed by atoms with van der Waals surface area (Å²) >= 11 is 5.76. The van der Waals surface area contributed by atoms with Gasteiger partial charge >= 0.3 is 5.69 Å². The molecule has 88 valence electrons. The van der Waals surface area contributed by atoms with Crippen molar-refractivity contribution in [2.45, 2.75) is 6.42 Å². The average Bonchev–Trinajstić information content (AvgIpc) is 2.26. The highest BCUT2D eigenvalue weighted by Crippen LogP contribution is 2.13. The van der Waals surface area contributed by atoms with Crippen molar-refractivity contribution >= 4 is 17.4 Å². The zero-order valence-electron chi connectivity index (χ0n) is 8.79. The largest absolute Gasteiger partial charge is 0.385 e. The van der Waals surface area contributed by atoms with Crippen molar-refractivity contribution in [1.29, 1.82) is 0 Å². The molecule has 17 heavy (non-hydrogen) atoms. The summed E-state index contributed by atoms with van der Waals surface area (Å²) in [7, 11) is 0. The van der Waals surface area contributed by atoms with Crippen LogP contribution in [0.15, 0.2) is 33.9 Å². The second kappa shape index (κ2) is 4.47. The van der Waals surface area contributed by atoms with Crippen molar-refractivity contribution in [1.82, 2.24) is 9.97 Å². The second-order valence-electron chi connectivity index (χ2n) is 3.60. The molecule has 0 saturated heterocycles. The third-order valence-corrected chi connectivity index (χ3v) is 2.62. The number of halogens is 1. The highest BCUT2D eigenvalue weighted by atomic mass is 35.5. The van der Waals surface area contributed by atoms with E-state index < -0.39 is 11.2 Å². The van der Waals surface area contributed by atoms with Gasteiger partial charge in [0.2, 0.25) is 0 Å². The first-order valence-electron chi connectivity index (χ1n) is 4.91. The highest BCUT2D eigenvalue weighted by Gasteiger charge is 2.07. The minimum atomic E-state index is -0.604. The number of benzene rings is 1. The lowest BCUT2D eigenvalue weighted by atomic mass is 10.1. The topological polar surface area (TPSA) is 91.7 Å². The first kappa shape index (κ1) is 11.5. The summed E-state index contributed by atoms with van der Waals surface area (Å²) in [4.78, 5) is 27.0. The van der Waals surface area contributed by atoms with E-state index in [1.165, 1.54) is 0 Å². The van der Waals surface area contributed by atoms with Crippen LogP contribution >= 0.6 is 11.6 Å². The van der Waals surface area contributed by atoms with Crippen LogP contribution in [0.1, 0.15) is 11.1 Å². The Kier molecular flexibility index (Phi) is 3.01. The Labute approximate surface area is 101 Å². The molecule has 0 aliphatic rings. The van der Waals surface area contributed by atoms with Gasteiger partial charge in [-0.25, -0.2) is 4.79 Å². The predicted octanol–water partition coefficient (Wildman–Crippen LogP) is 0.890. The van der Waals surface area contributed by atoms with E-state index in [-0.39, 0.29) is 5.82 Å². The molecule has 1 aromatic heterocycles. The van der Waals surface area contributed by atoms with Crippen LogP contribution in [-0.2, 0) is 6.42 Å². The van der Waals surface area contributed by atoms with Gasteiger partial charge in [-0.15, -0.1) is 0 Å². The molecule has 0 bridgehead atoms. The smallest absolute Gasteiger partial charge is 0.327 e. The molecule has 0 aliphatic heterocycles. The fourth-order valence-electron chi connectivity index (χ4n) is 1.51. The predicted molar refractivity (Wildman–Crippen MR) is 66.4 cm³/mol. The maximum Gasteiger partial charge on any atom is 0.327 e. The van der Waals surface area contributed by atoms with E-state index in [0.717, 1.165) is 5.56 Å². The van der Waals surface area contributed by atoms with Crippen molar-refractivity contribution in [3.8, 4) is 0 Å². The number of hydrogen-bond acceptors (Lipinski definition) is 3. The summed E-state index contributed by atoms with van der Waals surface area (Å²) in [5.74, 6) is 0.0914. The highest BCUT2D eigenvalue weighted by molar-refractivity contribution is 6.30. The summed E-state index contributed by atoms with van der Waals surface area (Å²) in [5.41, 5.74) is 5.75. The van der Waals surface area contributed by atoms with E-state index in [0.29, 0.717) is 17.0 Å². The number of hydrogen-bond donors (Lipinski definition) is 3. The summed E-state index contributed by atoms with van der Waals surface area (Å²) < 4.78 is 0. The molecule has 6 heteroatoms. The maximum atomic E-state index is 11.6. The molecule has 5 nitrogen and oxygen atoms in total. The molecule has 2 rings (SSSR count). The molecule has 0 unspecified atom stereocenters. The molecular weight excluding hydrogens is 242 g/mol. The van der Waals surface area contributed by atoms with Crippen molar-refractivity contribution in [2.24, 2.45) is 0 Å². The first-order chi connectivity index (χ1) is 8.06. The molecule has 0 saturated carbocycles. The molecule has 1 heterocycles. The lowest BCUT2D eigenvalue weighted by Gasteiger charge is -2.03. The van der Waals surface area contributed by atoms with Gasteiger partial charge in [0.15, 0.2) is 0 Å². The van der Waals surface area contributed by atoms with Gasteiger partial charge in [-0.2, -0.15) is 0 Å². The Morgan fingerprint density at radius 3 is 2.35 bits per heavy atom. The third kappa shape index (κ3) is 2.57. The molecule has 0 spiro atoms. The SMILES string of the molecule is Nc1[nH]c(=O)[nH]c(=O)c1Cc1ccc(Cl)cc1. The van der Waals surface area contributed by atoms with Gasteiger partial charge in [0.1, 0.15) is 5.82 Å². The second-order valence-corrected chi connectivity index (χ2v) is 4.04. The average molecular weight is 252 g/mol. The van der Waals surface area contributed by atoms with Crippen LogP contribution in [-0.4, -0.2) is 9.97 Å². The van der Waals surface area contributed by atoms with Crippen LogP contribution in [0.2, 0.25) is 5.02 Å². The number of nitrogen functional groups attached to an aromatic ring is 1. The molecule has 1 aromatic carbocycles. The monoisotopic (exact) mass is 251 g/mol. The summed E-state index contributed by atoms with van der Waals surface area (Å²) in [6.07, 6.45) is 0.342. The lowest BCUT2D eigenvalue weighted by molar-refractivity contribution is 0.986. The molecule has 0 atom stereocenters. The van der Waals surface area contributed by atoms with Gasteiger partial charge in [0, 0.05) is 11.4 Å². The third-order valence-electron chi connectivity index (χ3n) is 2.37. The van der Waals surface area contributed by atoms with Crippen molar-refractivity contribution in [3.63, 3.8) is 0 Å². The number of aromatic amines is 2. The maximum absolute atomic E-state index is 11.6. The minimum absolute atomic E-state index is 0.0914. The molecular formula is C11H10ClN3O2. The Morgan fingerprint density at radius 1 is 1.12 bits per heavy atom. The zero-order valence-corrected chi connectivity index (χ0v) is 9.54. The van der Waals surface area contributed by atoms with Crippen LogP contribution in [0.5, 0.6) is 0 Å². The van der Waals surface area contributed by atoms with Crippen LogP contribution in [0, 0.1) is 0 Å². The molecule has 2 aromatic rings. The van der Waals surface area contributed by atoms with Gasteiger partial charge < -0.3 is 5.73 Å². The van der Waals surface area contributed by atoms with Crippen LogP contribution in [0.3, 0.4) is 0 Å². The fraction of sp³-hybridized carbons (Fsp3) is 0.0909. The van der Waals surface area contributed by atoms with E-state index in [1.54, 1.807) is 24.3 Å². The lowest BCUT2D eigenvalue weighted by Crippen LogP contribution is -2.27. The van der Waals surface area contributed by atoms with Crippen molar-refractivity contribution < 1.29 is 0 Å². The standard InChI is InChI=1S/C11H10ClN3O2/c12-7-3-1-6(2-4-7)5-8-9(13)14-11(17)15-10(8)16/h1-4H,5H2,(H4,13,14,15,16,17). The fourth-order valence-corrected chi connectivity index (χ4v) is 1.64. The molecule has 4 N–H and O–H groups in total. The number of nitrogens with one attached hydrogen (secondary N) is 2. The van der Waals surface area contributed by atoms with Gasteiger partial charge in [0.05, 0.1) is 5.56 Å². The summed E-state index contributed by atoms with van der Waals surface area (Å²) in [6.45, 7) is 0. The Hall–Kier alpha value is -2.01. The molecule has 0 aliphatic carbocycles. The van der Waals surface area contributed by atoms with E-state index in [9.17, 15) is 9.59 Å². The number of anilines is 1. The van der Waals surface area contributed by atoms with Gasteiger partial charge in [-0.3, -0.25) is 14.8 Å². The Bertz CT molecular complexity index is 643. The van der Waals surface area contributed by atoms with Gasteiger partial charge in [0.25, 0.3) is 5.56 Å². The number of rotatable bonds is 2.